The van der Waals surface area contributed by atoms with Gasteiger partial charge < -0.3 is 24.2 Å². The van der Waals surface area contributed by atoms with Crippen molar-refractivity contribution in [3.05, 3.63) is 23.8 Å². The average molecular weight is 651 g/mol. The number of hydrogen-bond donors (Lipinski definition) is 4. The number of hydrogen-bond acceptors (Lipinski definition) is 7. The lowest BCUT2D eigenvalue weighted by atomic mass is 9.40. The van der Waals surface area contributed by atoms with Gasteiger partial charge in [0.25, 0.3) is 0 Å². The molecule has 8 unspecified atom stereocenters. The largest absolute Gasteiger partial charge is 0.508 e. The Hall–Kier alpha value is -1.39. The van der Waals surface area contributed by atoms with Crippen molar-refractivity contribution in [3.63, 3.8) is 0 Å². The molecule has 2 bridgehead atoms. The minimum Gasteiger partial charge on any atom is -0.508 e. The first-order valence-corrected chi connectivity index (χ1v) is 18.6. The van der Waals surface area contributed by atoms with Crippen LogP contribution >= 0.6 is 0 Å². The van der Waals surface area contributed by atoms with Crippen molar-refractivity contribution >= 4 is 10.4 Å². The SMILES string of the molecule is CC1CCC2OC(C)(C)CCCC2(C)C1(O)CCCCC1(C)CC2(O)CCC1C(C)(C)C2Cc1cc(OS(=O)(=O)O)ccc1O. The van der Waals surface area contributed by atoms with E-state index in [0.717, 1.165) is 64.2 Å². The van der Waals surface area contributed by atoms with E-state index < -0.39 is 21.6 Å². The van der Waals surface area contributed by atoms with Gasteiger partial charge in [-0.1, -0.05) is 47.5 Å². The molecule has 8 atom stereocenters. The zero-order valence-electron chi connectivity index (χ0n) is 28.6. The summed E-state index contributed by atoms with van der Waals surface area (Å²) in [5, 5.41) is 35.3. The monoisotopic (exact) mass is 650 g/mol. The summed E-state index contributed by atoms with van der Waals surface area (Å²) in [4.78, 5) is 0. The van der Waals surface area contributed by atoms with Gasteiger partial charge in [-0.3, -0.25) is 4.55 Å². The molecule has 6 rings (SSSR count). The number of rotatable bonds is 9. The minimum atomic E-state index is -4.69. The van der Waals surface area contributed by atoms with Crippen LogP contribution in [0.5, 0.6) is 11.5 Å². The number of ether oxygens (including phenoxy) is 1. The summed E-state index contributed by atoms with van der Waals surface area (Å²) in [6.07, 6.45) is 11.5. The fourth-order valence-electron chi connectivity index (χ4n) is 11.1. The highest BCUT2D eigenvalue weighted by Crippen LogP contribution is 2.67. The molecule has 1 heterocycles. The van der Waals surface area contributed by atoms with Crippen molar-refractivity contribution in [1.82, 2.24) is 0 Å². The lowest BCUT2D eigenvalue weighted by molar-refractivity contribution is -0.230. The Labute approximate surface area is 271 Å². The molecule has 256 valence electrons. The number of phenols is 1. The number of unbranched alkanes of at least 4 members (excludes halogenated alkanes) is 1. The van der Waals surface area contributed by atoms with Crippen molar-refractivity contribution in [3.8, 4) is 11.5 Å². The molecule has 0 aromatic heterocycles. The van der Waals surface area contributed by atoms with E-state index in [2.05, 4.69) is 52.6 Å². The smallest absolute Gasteiger partial charge is 0.446 e. The summed E-state index contributed by atoms with van der Waals surface area (Å²) in [7, 11) is -4.69. The first-order chi connectivity index (χ1) is 20.6. The van der Waals surface area contributed by atoms with Crippen LogP contribution in [-0.2, 0) is 21.6 Å². The van der Waals surface area contributed by atoms with Crippen molar-refractivity contribution < 1.29 is 37.2 Å². The van der Waals surface area contributed by atoms with Crippen molar-refractivity contribution in [2.45, 2.75) is 155 Å². The minimum absolute atomic E-state index is 0.00902. The van der Waals surface area contributed by atoms with E-state index >= 15 is 0 Å². The summed E-state index contributed by atoms with van der Waals surface area (Å²) in [6.45, 7) is 15.6. The molecule has 1 aromatic carbocycles. The van der Waals surface area contributed by atoms with Crippen LogP contribution in [0.4, 0.5) is 0 Å². The third-order valence-electron chi connectivity index (χ3n) is 13.4. The van der Waals surface area contributed by atoms with Crippen LogP contribution in [0.2, 0.25) is 0 Å². The van der Waals surface area contributed by atoms with E-state index in [9.17, 15) is 23.7 Å². The highest BCUT2D eigenvalue weighted by Gasteiger charge is 2.64. The molecule has 4 aliphatic carbocycles. The molecule has 8 nitrogen and oxygen atoms in total. The molecule has 1 aromatic rings. The highest BCUT2D eigenvalue weighted by molar-refractivity contribution is 7.81. The lowest BCUT2D eigenvalue weighted by Gasteiger charge is -2.66. The van der Waals surface area contributed by atoms with Gasteiger partial charge in [-0.25, -0.2) is 0 Å². The highest BCUT2D eigenvalue weighted by atomic mass is 32.3. The van der Waals surface area contributed by atoms with Gasteiger partial charge in [0.1, 0.15) is 11.5 Å². The molecule has 0 spiro atoms. The standard InChI is InChI=1S/C36H58O8S/c1-24-11-14-30-34(7,18-10-16-31(2,3)43-30)36(24,39)19-9-8-17-33(6)23-35(38)20-15-28(33)32(4,5)29(35)22-25-21-26(12-13-27(25)37)44-45(40,41)42/h12-13,21,24,28-30,37-39H,8-11,14-20,22-23H2,1-7H3,(H,40,41,42). The molecule has 9 heteroatoms. The van der Waals surface area contributed by atoms with E-state index in [1.54, 1.807) is 0 Å². The van der Waals surface area contributed by atoms with Gasteiger partial charge in [-0.2, -0.15) is 8.42 Å². The Morgan fingerprint density at radius 1 is 0.956 bits per heavy atom. The molecular weight excluding hydrogens is 592 g/mol. The topological polar surface area (TPSA) is 134 Å². The fraction of sp³-hybridized carbons (Fsp3) is 0.833. The van der Waals surface area contributed by atoms with E-state index in [4.69, 9.17) is 9.29 Å². The summed E-state index contributed by atoms with van der Waals surface area (Å²) < 4.78 is 43.0. The lowest BCUT2D eigenvalue weighted by Crippen LogP contribution is -2.64. The second-order valence-electron chi connectivity index (χ2n) is 17.2. The third-order valence-corrected chi connectivity index (χ3v) is 13.8. The van der Waals surface area contributed by atoms with E-state index in [1.165, 1.54) is 18.2 Å². The maximum absolute atomic E-state index is 12.4. The Balaban J connectivity index is 1.28. The van der Waals surface area contributed by atoms with Crippen LogP contribution in [0.3, 0.4) is 0 Å². The number of aromatic hydroxyl groups is 1. The number of phenolic OH excluding ortho intramolecular Hbond substituents is 1. The van der Waals surface area contributed by atoms with Crippen LogP contribution in [0.25, 0.3) is 0 Å². The van der Waals surface area contributed by atoms with Crippen LogP contribution in [0.1, 0.15) is 131 Å². The second kappa shape index (κ2) is 11.6. The first kappa shape index (κ1) is 34.9. The molecule has 4 saturated carbocycles. The second-order valence-corrected chi connectivity index (χ2v) is 18.2. The number of fused-ring (bicyclic) bond motifs is 4. The van der Waals surface area contributed by atoms with E-state index in [1.807, 2.05) is 0 Å². The Kier molecular flexibility index (Phi) is 9.04. The zero-order valence-corrected chi connectivity index (χ0v) is 29.4. The predicted molar refractivity (Wildman–Crippen MR) is 174 cm³/mol. The first-order valence-electron chi connectivity index (χ1n) is 17.3. The summed E-state index contributed by atoms with van der Waals surface area (Å²) in [5.41, 5.74) is -1.92. The van der Waals surface area contributed by atoms with Crippen molar-refractivity contribution in [1.29, 1.82) is 0 Å². The maximum atomic E-state index is 12.4. The van der Waals surface area contributed by atoms with Gasteiger partial charge in [0, 0.05) is 5.41 Å². The van der Waals surface area contributed by atoms with Crippen LogP contribution in [-0.4, -0.2) is 51.2 Å². The summed E-state index contributed by atoms with van der Waals surface area (Å²) >= 11 is 0. The number of benzene rings is 1. The molecule has 5 aliphatic rings. The van der Waals surface area contributed by atoms with E-state index in [-0.39, 0.29) is 51.3 Å². The van der Waals surface area contributed by atoms with E-state index in [0.29, 0.717) is 30.7 Å². The van der Waals surface area contributed by atoms with Gasteiger partial charge in [-0.15, -0.1) is 0 Å². The molecule has 45 heavy (non-hydrogen) atoms. The van der Waals surface area contributed by atoms with Crippen molar-refractivity contribution in [2.24, 2.45) is 34.0 Å². The summed E-state index contributed by atoms with van der Waals surface area (Å²) in [6, 6.07) is 4.10. The quantitative estimate of drug-likeness (QED) is 0.161. The molecule has 1 saturated heterocycles. The number of aliphatic hydroxyl groups is 2. The van der Waals surface area contributed by atoms with Gasteiger partial charge >= 0.3 is 10.4 Å². The molecule has 1 aliphatic heterocycles. The molecule has 4 N–H and O–H groups in total. The van der Waals surface area contributed by atoms with Gasteiger partial charge in [0.15, 0.2) is 0 Å². The third kappa shape index (κ3) is 6.42. The molecule has 0 radical (unpaired) electrons. The molecule has 0 amide bonds. The van der Waals surface area contributed by atoms with Gasteiger partial charge in [0.2, 0.25) is 0 Å². The maximum Gasteiger partial charge on any atom is 0.446 e. The molecular formula is C36H58O8S. The van der Waals surface area contributed by atoms with Crippen molar-refractivity contribution in [2.75, 3.05) is 0 Å². The van der Waals surface area contributed by atoms with Gasteiger partial charge in [-0.05, 0) is 137 Å². The predicted octanol–water partition coefficient (Wildman–Crippen LogP) is 7.39. The van der Waals surface area contributed by atoms with Crippen LogP contribution < -0.4 is 4.18 Å². The Morgan fingerprint density at radius 3 is 2.31 bits per heavy atom. The van der Waals surface area contributed by atoms with Gasteiger partial charge in [0.05, 0.1) is 22.9 Å². The Morgan fingerprint density at radius 2 is 1.64 bits per heavy atom. The molecule has 5 fully saturated rings. The van der Waals surface area contributed by atoms with Crippen LogP contribution in [0.15, 0.2) is 18.2 Å². The zero-order chi connectivity index (χ0) is 33.3. The normalized spacial score (nSPS) is 40.8. The van der Waals surface area contributed by atoms with Crippen LogP contribution in [0, 0.1) is 34.0 Å². The fourth-order valence-corrected chi connectivity index (χ4v) is 11.5. The Bertz CT molecular complexity index is 1350. The average Bonchev–Trinajstić information content (AvgIpc) is 3.02. The summed E-state index contributed by atoms with van der Waals surface area (Å²) in [5.74, 6) is 0.371.